The molecule has 0 amide bonds. The average molecular weight is 542 g/mol. The zero-order chi connectivity index (χ0) is 25.3. The number of hydrogen-bond acceptors (Lipinski definition) is 7. The average Bonchev–Trinajstić information content (AvgIpc) is 3.13. The zero-order valence-electron chi connectivity index (χ0n) is 20.0. The van der Waals surface area contributed by atoms with E-state index in [1.165, 1.54) is 24.3 Å². The summed E-state index contributed by atoms with van der Waals surface area (Å²) in [6.07, 6.45) is 4.21. The molecule has 194 valence electrons. The highest BCUT2D eigenvalue weighted by atomic mass is 35.5. The topological polar surface area (TPSA) is 126 Å². The Morgan fingerprint density at radius 3 is 2.16 bits per heavy atom. The maximum absolute atomic E-state index is 13.2. The molecule has 10 heteroatoms. The first-order chi connectivity index (χ1) is 17.4. The lowest BCUT2D eigenvalue weighted by molar-refractivity contribution is 0.0224. The van der Waals surface area contributed by atoms with E-state index in [0.717, 1.165) is 32.2 Å². The number of anilines is 1. The Morgan fingerprint density at radius 2 is 1.51 bits per heavy atom. The summed E-state index contributed by atoms with van der Waals surface area (Å²) in [7, 11) is 0. The standard InChI is InChI=1S/C27H27N3O5S.ClH/c28-11-3-1-2-4-12-29-26(36)30-16-5-8-20-19(13-16)25(33)35-27(20)21-9-6-17(31)14-23(21)34-24-15-18(32)7-10-22(24)27;/h5-10,13-15,31-32H,1-4,11-12,28H2,(H2,29,30,36);1H. The number of ether oxygens (including phenoxy) is 2. The molecule has 8 nitrogen and oxygen atoms in total. The van der Waals surface area contributed by atoms with Gasteiger partial charge in [0.1, 0.15) is 23.0 Å². The minimum absolute atomic E-state index is 0. The van der Waals surface area contributed by atoms with Crippen molar-refractivity contribution in [2.75, 3.05) is 18.4 Å². The van der Waals surface area contributed by atoms with E-state index in [1.807, 2.05) is 12.1 Å². The van der Waals surface area contributed by atoms with Crippen LogP contribution in [0, 0.1) is 0 Å². The third-order valence-corrected chi connectivity index (χ3v) is 6.69. The number of nitrogens with two attached hydrogens (primary N) is 1. The number of phenolic OH excluding ortho intramolecular Hbond substituents is 2. The summed E-state index contributed by atoms with van der Waals surface area (Å²) in [4.78, 5) is 13.2. The first kappa shape index (κ1) is 26.5. The molecular formula is C27H28ClN3O5S. The predicted octanol–water partition coefficient (Wildman–Crippen LogP) is 4.89. The Bertz CT molecular complexity index is 1300. The number of benzene rings is 3. The number of aromatic hydroxyl groups is 2. The summed E-state index contributed by atoms with van der Waals surface area (Å²) in [6, 6.07) is 14.7. The van der Waals surface area contributed by atoms with Gasteiger partial charge in [-0.15, -0.1) is 12.4 Å². The lowest BCUT2D eigenvalue weighted by atomic mass is 9.77. The summed E-state index contributed by atoms with van der Waals surface area (Å²) in [5.74, 6) is 0.210. The Hall–Kier alpha value is -3.53. The van der Waals surface area contributed by atoms with E-state index in [-0.39, 0.29) is 23.9 Å². The van der Waals surface area contributed by atoms with Crippen molar-refractivity contribution >= 4 is 41.4 Å². The van der Waals surface area contributed by atoms with Gasteiger partial charge in [-0.25, -0.2) is 4.79 Å². The number of hydrogen-bond donors (Lipinski definition) is 5. The van der Waals surface area contributed by atoms with Crippen molar-refractivity contribution < 1.29 is 24.5 Å². The van der Waals surface area contributed by atoms with Gasteiger partial charge < -0.3 is 36.1 Å². The summed E-state index contributed by atoms with van der Waals surface area (Å²) < 4.78 is 12.1. The van der Waals surface area contributed by atoms with Crippen LogP contribution in [0.25, 0.3) is 0 Å². The first-order valence-electron chi connectivity index (χ1n) is 11.9. The lowest BCUT2D eigenvalue weighted by Crippen LogP contribution is -2.33. The molecule has 0 fully saturated rings. The van der Waals surface area contributed by atoms with Crippen LogP contribution in [0.4, 0.5) is 5.69 Å². The first-order valence-corrected chi connectivity index (χ1v) is 12.3. The smallest absolute Gasteiger partial charge is 0.340 e. The molecule has 37 heavy (non-hydrogen) atoms. The molecule has 0 atom stereocenters. The van der Waals surface area contributed by atoms with Crippen LogP contribution < -0.4 is 21.1 Å². The second-order valence-electron chi connectivity index (χ2n) is 8.88. The van der Waals surface area contributed by atoms with Gasteiger partial charge in [0.05, 0.1) is 5.56 Å². The molecule has 2 aliphatic rings. The van der Waals surface area contributed by atoms with Crippen LogP contribution in [0.3, 0.4) is 0 Å². The third-order valence-electron chi connectivity index (χ3n) is 6.45. The lowest BCUT2D eigenvalue weighted by Gasteiger charge is -2.36. The maximum atomic E-state index is 13.2. The fourth-order valence-corrected chi connectivity index (χ4v) is 5.00. The molecule has 0 unspecified atom stereocenters. The molecule has 0 bridgehead atoms. The summed E-state index contributed by atoms with van der Waals surface area (Å²) >= 11 is 5.42. The van der Waals surface area contributed by atoms with Crippen LogP contribution in [0.15, 0.2) is 54.6 Å². The number of unbranched alkanes of at least 4 members (excludes halogenated alkanes) is 3. The van der Waals surface area contributed by atoms with Crippen LogP contribution in [0.2, 0.25) is 0 Å². The van der Waals surface area contributed by atoms with Crippen LogP contribution in [0.1, 0.15) is 52.7 Å². The third kappa shape index (κ3) is 4.90. The Balaban J connectivity index is 0.00000320. The van der Waals surface area contributed by atoms with Crippen molar-refractivity contribution in [2.45, 2.75) is 31.3 Å². The Morgan fingerprint density at radius 1 is 0.892 bits per heavy atom. The van der Waals surface area contributed by atoms with Crippen molar-refractivity contribution in [1.82, 2.24) is 5.32 Å². The number of carbonyl (C=O) groups is 1. The number of nitrogens with one attached hydrogen (secondary N) is 2. The van der Waals surface area contributed by atoms with Gasteiger partial charge >= 0.3 is 5.97 Å². The van der Waals surface area contributed by atoms with Crippen molar-refractivity contribution in [3.05, 3.63) is 76.9 Å². The molecule has 1 spiro atoms. The summed E-state index contributed by atoms with van der Waals surface area (Å²) in [6.45, 7) is 1.46. The number of fused-ring (bicyclic) bond motifs is 6. The van der Waals surface area contributed by atoms with Crippen LogP contribution >= 0.6 is 24.6 Å². The van der Waals surface area contributed by atoms with Gasteiger partial charge in [0, 0.05) is 41.1 Å². The molecular weight excluding hydrogens is 514 g/mol. The van der Waals surface area contributed by atoms with Crippen LogP contribution in [0.5, 0.6) is 23.0 Å². The fourth-order valence-electron chi connectivity index (χ4n) is 4.78. The number of carbonyl (C=O) groups excluding carboxylic acids is 1. The van der Waals surface area contributed by atoms with Gasteiger partial charge in [0.2, 0.25) is 0 Å². The Kier molecular flexibility index (Phi) is 7.77. The second kappa shape index (κ2) is 10.8. The predicted molar refractivity (Wildman–Crippen MR) is 147 cm³/mol. The van der Waals surface area contributed by atoms with Gasteiger partial charge in [-0.1, -0.05) is 18.9 Å². The number of halogens is 1. The van der Waals surface area contributed by atoms with E-state index in [4.69, 9.17) is 27.4 Å². The monoisotopic (exact) mass is 541 g/mol. The van der Waals surface area contributed by atoms with E-state index in [1.54, 1.807) is 18.2 Å². The van der Waals surface area contributed by atoms with Crippen molar-refractivity contribution in [3.8, 4) is 23.0 Å². The number of phenols is 2. The number of rotatable bonds is 7. The van der Waals surface area contributed by atoms with Gasteiger partial charge in [-0.05, 0) is 68.0 Å². The normalized spacial score (nSPS) is 13.9. The molecule has 5 rings (SSSR count). The molecule has 2 aliphatic heterocycles. The molecule has 0 radical (unpaired) electrons. The number of esters is 1. The highest BCUT2D eigenvalue weighted by Gasteiger charge is 2.53. The molecule has 0 aliphatic carbocycles. The van der Waals surface area contributed by atoms with Gasteiger partial charge in [0.25, 0.3) is 0 Å². The van der Waals surface area contributed by atoms with Crippen LogP contribution in [-0.4, -0.2) is 34.4 Å². The largest absolute Gasteiger partial charge is 0.508 e. The summed E-state index contributed by atoms with van der Waals surface area (Å²) in [5, 5.41) is 26.9. The van der Waals surface area contributed by atoms with Crippen molar-refractivity contribution in [1.29, 1.82) is 0 Å². The molecule has 6 N–H and O–H groups in total. The van der Waals surface area contributed by atoms with Gasteiger partial charge in [-0.2, -0.15) is 0 Å². The van der Waals surface area contributed by atoms with Gasteiger partial charge in [0.15, 0.2) is 10.7 Å². The van der Waals surface area contributed by atoms with Gasteiger partial charge in [-0.3, -0.25) is 0 Å². The van der Waals surface area contributed by atoms with E-state index in [9.17, 15) is 15.0 Å². The molecule has 0 saturated carbocycles. The highest BCUT2D eigenvalue weighted by Crippen LogP contribution is 2.57. The Labute approximate surface area is 226 Å². The fraction of sp³-hybridized carbons (Fsp3) is 0.259. The maximum Gasteiger partial charge on any atom is 0.340 e. The minimum atomic E-state index is -1.28. The van der Waals surface area contributed by atoms with E-state index >= 15 is 0 Å². The van der Waals surface area contributed by atoms with Crippen LogP contribution in [-0.2, 0) is 10.3 Å². The van der Waals surface area contributed by atoms with E-state index < -0.39 is 11.6 Å². The van der Waals surface area contributed by atoms with E-state index in [2.05, 4.69) is 10.6 Å². The molecule has 2 heterocycles. The van der Waals surface area contributed by atoms with E-state index in [0.29, 0.717) is 51.1 Å². The minimum Gasteiger partial charge on any atom is -0.508 e. The van der Waals surface area contributed by atoms with Crippen molar-refractivity contribution in [3.63, 3.8) is 0 Å². The molecule has 3 aromatic rings. The molecule has 0 saturated heterocycles. The second-order valence-corrected chi connectivity index (χ2v) is 9.29. The molecule has 0 aromatic heterocycles. The molecule has 3 aromatic carbocycles. The number of thiocarbonyl (C=S) groups is 1. The highest BCUT2D eigenvalue weighted by molar-refractivity contribution is 7.80. The van der Waals surface area contributed by atoms with Crippen molar-refractivity contribution in [2.24, 2.45) is 5.73 Å². The summed E-state index contributed by atoms with van der Waals surface area (Å²) in [5.41, 5.74) is 7.10. The zero-order valence-corrected chi connectivity index (χ0v) is 21.6. The quantitative estimate of drug-likeness (QED) is 0.161. The SMILES string of the molecule is Cl.NCCCCCCNC(=S)Nc1ccc2c(c1)C(=O)OC21c2ccc(O)cc2Oc2cc(O)ccc21.